The zero-order valence-electron chi connectivity index (χ0n) is 20.0. The minimum absolute atomic E-state index is 0.143. The number of nitrogens with one attached hydrogen (secondary N) is 1. The molecule has 4 rings (SSSR count). The van der Waals surface area contributed by atoms with Gasteiger partial charge in [-0.1, -0.05) is 35.9 Å². The molecule has 180 valence electrons. The van der Waals surface area contributed by atoms with Crippen LogP contribution in [0.4, 0.5) is 5.69 Å². The highest BCUT2D eigenvalue weighted by atomic mass is 32.2. The highest BCUT2D eigenvalue weighted by molar-refractivity contribution is 7.92. The minimum atomic E-state index is -3.95. The van der Waals surface area contributed by atoms with E-state index in [0.29, 0.717) is 5.69 Å². The van der Waals surface area contributed by atoms with Crippen LogP contribution in [0.2, 0.25) is 0 Å². The van der Waals surface area contributed by atoms with Crippen molar-refractivity contribution in [3.05, 3.63) is 108 Å². The van der Waals surface area contributed by atoms with Crippen molar-refractivity contribution in [2.75, 3.05) is 10.8 Å². The predicted molar refractivity (Wildman–Crippen MR) is 137 cm³/mol. The highest BCUT2D eigenvalue weighted by Crippen LogP contribution is 2.26. The van der Waals surface area contributed by atoms with Gasteiger partial charge in [0.2, 0.25) is 5.91 Å². The molecule has 35 heavy (non-hydrogen) atoms. The highest BCUT2D eigenvalue weighted by Gasteiger charge is 2.27. The summed E-state index contributed by atoms with van der Waals surface area (Å²) in [6.45, 7) is 5.74. The van der Waals surface area contributed by atoms with Crippen LogP contribution in [0, 0.1) is 20.8 Å². The maximum Gasteiger partial charge on any atom is 0.264 e. The monoisotopic (exact) mass is 488 g/mol. The van der Waals surface area contributed by atoms with Crippen LogP contribution in [-0.2, 0) is 21.4 Å². The Morgan fingerprint density at radius 2 is 1.66 bits per heavy atom. The summed E-state index contributed by atoms with van der Waals surface area (Å²) in [5.74, 6) is -0.391. The summed E-state index contributed by atoms with van der Waals surface area (Å²) >= 11 is 0. The van der Waals surface area contributed by atoms with E-state index in [2.05, 4.69) is 10.3 Å². The van der Waals surface area contributed by atoms with E-state index in [-0.39, 0.29) is 18.0 Å². The van der Waals surface area contributed by atoms with Gasteiger partial charge in [-0.15, -0.1) is 0 Å². The molecule has 7 nitrogen and oxygen atoms in total. The van der Waals surface area contributed by atoms with Gasteiger partial charge in [-0.25, -0.2) is 13.4 Å². The third kappa shape index (κ3) is 5.60. The first-order chi connectivity index (χ1) is 16.7. The second-order valence-electron chi connectivity index (χ2n) is 8.51. The fraction of sp³-hybridized carbons (Fsp3) is 0.185. The van der Waals surface area contributed by atoms with Crippen LogP contribution in [0.3, 0.4) is 0 Å². The van der Waals surface area contributed by atoms with E-state index in [0.717, 1.165) is 27.9 Å². The van der Waals surface area contributed by atoms with E-state index in [1.165, 1.54) is 4.31 Å². The molecule has 1 amide bonds. The maximum absolute atomic E-state index is 13.5. The SMILES string of the molecule is Cc1ccc(S(=O)(=O)N(CC(=O)NCc2ccc(-n3ccnc3)cc2)c2ccc(C)c(C)c2)cc1. The molecule has 0 saturated carbocycles. The van der Waals surface area contributed by atoms with E-state index >= 15 is 0 Å². The normalized spacial score (nSPS) is 11.3. The van der Waals surface area contributed by atoms with Crippen LogP contribution in [0.5, 0.6) is 0 Å². The molecule has 0 saturated heterocycles. The van der Waals surface area contributed by atoms with Crippen LogP contribution < -0.4 is 9.62 Å². The Labute approximate surface area is 206 Å². The number of carbonyl (C=O) groups excluding carboxylic acids is 1. The second-order valence-corrected chi connectivity index (χ2v) is 10.4. The smallest absolute Gasteiger partial charge is 0.264 e. The van der Waals surface area contributed by atoms with Crippen molar-refractivity contribution < 1.29 is 13.2 Å². The number of amides is 1. The van der Waals surface area contributed by atoms with Crippen molar-refractivity contribution in [3.63, 3.8) is 0 Å². The standard InChI is InChI=1S/C27H28N4O3S/c1-20-4-12-26(13-5-20)35(33,34)31(25-9-6-21(2)22(3)16-25)18-27(32)29-17-23-7-10-24(11-8-23)30-15-14-28-19-30/h4-16,19H,17-18H2,1-3H3,(H,29,32). The van der Waals surface area contributed by atoms with Crippen molar-refractivity contribution in [1.29, 1.82) is 0 Å². The van der Waals surface area contributed by atoms with Gasteiger partial charge in [-0.3, -0.25) is 9.10 Å². The largest absolute Gasteiger partial charge is 0.350 e. The molecule has 0 spiro atoms. The van der Waals surface area contributed by atoms with Crippen molar-refractivity contribution in [2.24, 2.45) is 0 Å². The molecule has 0 fully saturated rings. The second kappa shape index (κ2) is 10.1. The van der Waals surface area contributed by atoms with Gasteiger partial charge in [-0.2, -0.15) is 0 Å². The van der Waals surface area contributed by atoms with Crippen LogP contribution in [0.15, 0.2) is 90.3 Å². The van der Waals surface area contributed by atoms with Crippen molar-refractivity contribution in [1.82, 2.24) is 14.9 Å². The quantitative estimate of drug-likeness (QED) is 0.401. The van der Waals surface area contributed by atoms with E-state index in [4.69, 9.17) is 0 Å². The average Bonchev–Trinajstić information content (AvgIpc) is 3.39. The van der Waals surface area contributed by atoms with Gasteiger partial charge in [0.25, 0.3) is 10.0 Å². The summed E-state index contributed by atoms with van der Waals surface area (Å²) in [4.78, 5) is 17.1. The van der Waals surface area contributed by atoms with Crippen molar-refractivity contribution >= 4 is 21.6 Å². The number of aryl methyl sites for hydroxylation is 3. The number of carbonyl (C=O) groups is 1. The summed E-state index contributed by atoms with van der Waals surface area (Å²) in [5.41, 5.74) is 5.27. The number of nitrogens with zero attached hydrogens (tertiary/aromatic N) is 3. The first-order valence-corrected chi connectivity index (χ1v) is 12.7. The number of hydrogen-bond acceptors (Lipinski definition) is 4. The lowest BCUT2D eigenvalue weighted by Crippen LogP contribution is -2.40. The number of aromatic nitrogens is 2. The Bertz CT molecular complexity index is 1410. The summed E-state index contributed by atoms with van der Waals surface area (Å²) in [7, 11) is -3.95. The minimum Gasteiger partial charge on any atom is -0.350 e. The predicted octanol–water partition coefficient (Wildman–Crippen LogP) is 4.31. The molecule has 0 aliphatic carbocycles. The van der Waals surface area contributed by atoms with Gasteiger partial charge in [0, 0.05) is 24.6 Å². The van der Waals surface area contributed by atoms with Gasteiger partial charge in [0.1, 0.15) is 6.54 Å². The van der Waals surface area contributed by atoms with Gasteiger partial charge in [0.05, 0.1) is 16.9 Å². The first kappa shape index (κ1) is 24.2. The lowest BCUT2D eigenvalue weighted by molar-refractivity contribution is -0.119. The fourth-order valence-corrected chi connectivity index (χ4v) is 5.03. The van der Waals surface area contributed by atoms with Crippen LogP contribution in [-0.4, -0.2) is 30.4 Å². The number of hydrogen-bond donors (Lipinski definition) is 1. The maximum atomic E-state index is 13.5. The number of benzene rings is 3. The molecule has 8 heteroatoms. The third-order valence-electron chi connectivity index (χ3n) is 5.90. The van der Waals surface area contributed by atoms with E-state index < -0.39 is 15.9 Å². The molecular formula is C27H28N4O3S. The molecule has 4 aromatic rings. The number of sulfonamides is 1. The van der Waals surface area contributed by atoms with Crippen LogP contribution >= 0.6 is 0 Å². The van der Waals surface area contributed by atoms with E-state index in [9.17, 15) is 13.2 Å². The Hall–Kier alpha value is -3.91. The molecule has 0 aliphatic rings. The fourth-order valence-electron chi connectivity index (χ4n) is 3.62. The Kier molecular flexibility index (Phi) is 7.02. The first-order valence-electron chi connectivity index (χ1n) is 11.2. The molecule has 0 unspecified atom stereocenters. The molecule has 1 N–H and O–H groups in total. The zero-order valence-corrected chi connectivity index (χ0v) is 20.8. The number of imidazole rings is 1. The summed E-state index contributed by atoms with van der Waals surface area (Å²) in [6.07, 6.45) is 5.28. The number of anilines is 1. The van der Waals surface area contributed by atoms with Gasteiger partial charge < -0.3 is 9.88 Å². The molecule has 0 bridgehead atoms. The Morgan fingerprint density at radius 3 is 2.29 bits per heavy atom. The Morgan fingerprint density at radius 1 is 0.943 bits per heavy atom. The van der Waals surface area contributed by atoms with Crippen molar-refractivity contribution in [3.8, 4) is 5.69 Å². The molecule has 0 aliphatic heterocycles. The van der Waals surface area contributed by atoms with Gasteiger partial charge >= 0.3 is 0 Å². The van der Waals surface area contributed by atoms with E-state index in [1.807, 2.05) is 61.9 Å². The van der Waals surface area contributed by atoms with E-state index in [1.54, 1.807) is 48.9 Å². The van der Waals surface area contributed by atoms with Crippen LogP contribution in [0.1, 0.15) is 22.3 Å². The van der Waals surface area contributed by atoms with Crippen LogP contribution in [0.25, 0.3) is 5.69 Å². The Balaban J connectivity index is 1.53. The summed E-state index contributed by atoms with van der Waals surface area (Å²) in [6, 6.07) is 19.7. The lowest BCUT2D eigenvalue weighted by atomic mass is 10.1. The molecular weight excluding hydrogens is 460 g/mol. The zero-order chi connectivity index (χ0) is 25.0. The number of rotatable bonds is 8. The lowest BCUT2D eigenvalue weighted by Gasteiger charge is -2.25. The molecule has 3 aromatic carbocycles. The molecule has 1 aromatic heterocycles. The van der Waals surface area contributed by atoms with Gasteiger partial charge in [-0.05, 0) is 73.9 Å². The summed E-state index contributed by atoms with van der Waals surface area (Å²) in [5, 5.41) is 2.85. The average molecular weight is 489 g/mol. The van der Waals surface area contributed by atoms with Gasteiger partial charge in [0.15, 0.2) is 0 Å². The molecule has 0 atom stereocenters. The molecule has 1 heterocycles. The van der Waals surface area contributed by atoms with Crippen molar-refractivity contribution in [2.45, 2.75) is 32.2 Å². The topological polar surface area (TPSA) is 84.3 Å². The third-order valence-corrected chi connectivity index (χ3v) is 7.69. The summed E-state index contributed by atoms with van der Waals surface area (Å²) < 4.78 is 30.1. The molecule has 0 radical (unpaired) electrons.